The summed E-state index contributed by atoms with van der Waals surface area (Å²) in [5.41, 5.74) is 1.30. The maximum Gasteiger partial charge on any atom is 0.251 e. The van der Waals surface area contributed by atoms with E-state index in [1.165, 1.54) is 12.5 Å². The molecule has 1 aliphatic heterocycles. The zero-order valence-electron chi connectivity index (χ0n) is 10.7. The van der Waals surface area contributed by atoms with Crippen LogP contribution in [0, 0.1) is 12.8 Å². The first-order chi connectivity index (χ1) is 8.66. The predicted octanol–water partition coefficient (Wildman–Crippen LogP) is 1.43. The van der Waals surface area contributed by atoms with E-state index in [1.807, 2.05) is 6.92 Å². The van der Waals surface area contributed by atoms with E-state index < -0.39 is 0 Å². The van der Waals surface area contributed by atoms with Crippen LogP contribution in [0.5, 0.6) is 5.75 Å². The largest absolute Gasteiger partial charge is 0.508 e. The monoisotopic (exact) mass is 248 g/mol. The summed E-state index contributed by atoms with van der Waals surface area (Å²) in [6, 6.07) is 5.01. The highest BCUT2D eigenvalue weighted by Crippen LogP contribution is 2.17. The molecule has 4 nitrogen and oxygen atoms in total. The quantitative estimate of drug-likeness (QED) is 0.758. The molecule has 1 fully saturated rings. The Morgan fingerprint density at radius 2 is 2.39 bits per heavy atom. The van der Waals surface area contributed by atoms with Crippen molar-refractivity contribution in [1.82, 2.24) is 10.6 Å². The van der Waals surface area contributed by atoms with Gasteiger partial charge < -0.3 is 15.7 Å². The van der Waals surface area contributed by atoms with E-state index in [9.17, 15) is 9.90 Å². The van der Waals surface area contributed by atoms with Crippen LogP contribution in [0.4, 0.5) is 0 Å². The van der Waals surface area contributed by atoms with Crippen LogP contribution in [0.15, 0.2) is 18.2 Å². The minimum absolute atomic E-state index is 0.115. The predicted molar refractivity (Wildman–Crippen MR) is 70.8 cm³/mol. The summed E-state index contributed by atoms with van der Waals surface area (Å²) in [5.74, 6) is 0.569. The normalized spacial score (nSPS) is 19.5. The van der Waals surface area contributed by atoms with E-state index in [-0.39, 0.29) is 11.7 Å². The first-order valence-corrected chi connectivity index (χ1v) is 6.45. The van der Waals surface area contributed by atoms with Crippen molar-refractivity contribution in [3.8, 4) is 5.75 Å². The van der Waals surface area contributed by atoms with Crippen LogP contribution in [0.2, 0.25) is 0 Å². The SMILES string of the molecule is Cc1ccc(C(=O)NCC2CCCNC2)cc1O. The minimum atomic E-state index is -0.115. The van der Waals surface area contributed by atoms with Crippen molar-refractivity contribution in [1.29, 1.82) is 0 Å². The van der Waals surface area contributed by atoms with Crippen LogP contribution in [0.3, 0.4) is 0 Å². The highest BCUT2D eigenvalue weighted by atomic mass is 16.3. The lowest BCUT2D eigenvalue weighted by Crippen LogP contribution is -2.38. The molecule has 4 heteroatoms. The van der Waals surface area contributed by atoms with Gasteiger partial charge in [0.25, 0.3) is 5.91 Å². The summed E-state index contributed by atoms with van der Waals surface area (Å²) in [5, 5.41) is 15.8. The molecule has 3 N–H and O–H groups in total. The molecular weight excluding hydrogens is 228 g/mol. The number of nitrogens with one attached hydrogen (secondary N) is 2. The molecule has 1 saturated heterocycles. The van der Waals surface area contributed by atoms with Gasteiger partial charge in [-0.25, -0.2) is 0 Å². The Bertz CT molecular complexity index is 426. The molecule has 0 radical (unpaired) electrons. The fourth-order valence-electron chi connectivity index (χ4n) is 2.19. The number of amides is 1. The van der Waals surface area contributed by atoms with Gasteiger partial charge >= 0.3 is 0 Å². The molecule has 1 heterocycles. The lowest BCUT2D eigenvalue weighted by atomic mass is 9.99. The summed E-state index contributed by atoms with van der Waals surface area (Å²) in [6.07, 6.45) is 2.33. The number of hydrogen-bond acceptors (Lipinski definition) is 3. The Morgan fingerprint density at radius 1 is 1.56 bits per heavy atom. The van der Waals surface area contributed by atoms with E-state index >= 15 is 0 Å². The Hall–Kier alpha value is -1.55. The minimum Gasteiger partial charge on any atom is -0.508 e. The molecule has 18 heavy (non-hydrogen) atoms. The van der Waals surface area contributed by atoms with Crippen LogP contribution >= 0.6 is 0 Å². The van der Waals surface area contributed by atoms with Gasteiger partial charge in [-0.3, -0.25) is 4.79 Å². The number of aryl methyl sites for hydroxylation is 1. The molecule has 1 aliphatic rings. The van der Waals surface area contributed by atoms with Gasteiger partial charge in [0.15, 0.2) is 0 Å². The molecule has 98 valence electrons. The lowest BCUT2D eigenvalue weighted by molar-refractivity contribution is 0.0944. The molecule has 1 amide bonds. The number of carbonyl (C=O) groups excluding carboxylic acids is 1. The van der Waals surface area contributed by atoms with Crippen LogP contribution in [0.25, 0.3) is 0 Å². The summed E-state index contributed by atoms with van der Waals surface area (Å²) < 4.78 is 0. The molecule has 1 unspecified atom stereocenters. The first-order valence-electron chi connectivity index (χ1n) is 6.45. The third-order valence-corrected chi connectivity index (χ3v) is 3.42. The third-order valence-electron chi connectivity index (χ3n) is 3.42. The smallest absolute Gasteiger partial charge is 0.251 e. The number of benzene rings is 1. The van der Waals surface area contributed by atoms with Crippen LogP contribution in [-0.2, 0) is 0 Å². The Morgan fingerprint density at radius 3 is 3.06 bits per heavy atom. The van der Waals surface area contributed by atoms with E-state index in [1.54, 1.807) is 12.1 Å². The molecule has 1 aromatic carbocycles. The Balaban J connectivity index is 1.88. The number of hydrogen-bond donors (Lipinski definition) is 3. The van der Waals surface area contributed by atoms with Gasteiger partial charge in [0.2, 0.25) is 0 Å². The van der Waals surface area contributed by atoms with Gasteiger partial charge in [-0.2, -0.15) is 0 Å². The average molecular weight is 248 g/mol. The van der Waals surface area contributed by atoms with Gasteiger partial charge in [-0.15, -0.1) is 0 Å². The van der Waals surface area contributed by atoms with E-state index in [4.69, 9.17) is 0 Å². The van der Waals surface area contributed by atoms with Crippen molar-refractivity contribution in [3.63, 3.8) is 0 Å². The maximum absolute atomic E-state index is 11.9. The number of piperidine rings is 1. The second-order valence-electron chi connectivity index (χ2n) is 4.92. The van der Waals surface area contributed by atoms with Crippen molar-refractivity contribution in [2.45, 2.75) is 19.8 Å². The molecule has 1 aromatic rings. The van der Waals surface area contributed by atoms with Crippen molar-refractivity contribution in [3.05, 3.63) is 29.3 Å². The topological polar surface area (TPSA) is 61.4 Å². The van der Waals surface area contributed by atoms with Crippen molar-refractivity contribution in [2.24, 2.45) is 5.92 Å². The first kappa shape index (κ1) is 12.9. The Kier molecular flexibility index (Phi) is 4.20. The Labute approximate surface area is 107 Å². The summed E-state index contributed by atoms with van der Waals surface area (Å²) in [7, 11) is 0. The zero-order chi connectivity index (χ0) is 13.0. The molecule has 1 atom stereocenters. The highest BCUT2D eigenvalue weighted by molar-refractivity contribution is 5.94. The van der Waals surface area contributed by atoms with Crippen LogP contribution in [0.1, 0.15) is 28.8 Å². The molecule has 0 aromatic heterocycles. The highest BCUT2D eigenvalue weighted by Gasteiger charge is 2.14. The number of aromatic hydroxyl groups is 1. The molecule has 0 bridgehead atoms. The molecule has 0 spiro atoms. The second-order valence-corrected chi connectivity index (χ2v) is 4.92. The van der Waals surface area contributed by atoms with Gasteiger partial charge in [-0.1, -0.05) is 6.07 Å². The van der Waals surface area contributed by atoms with Crippen molar-refractivity contribution in [2.75, 3.05) is 19.6 Å². The lowest BCUT2D eigenvalue weighted by Gasteiger charge is -2.22. The fraction of sp³-hybridized carbons (Fsp3) is 0.500. The third kappa shape index (κ3) is 3.23. The molecule has 0 saturated carbocycles. The van der Waals surface area contributed by atoms with Crippen LogP contribution in [-0.4, -0.2) is 30.6 Å². The van der Waals surface area contributed by atoms with Gasteiger partial charge in [0.05, 0.1) is 0 Å². The number of phenolic OH excluding ortho intramolecular Hbond substituents is 1. The van der Waals surface area contributed by atoms with Crippen molar-refractivity contribution < 1.29 is 9.90 Å². The van der Waals surface area contributed by atoms with Gasteiger partial charge in [0.1, 0.15) is 5.75 Å². The van der Waals surface area contributed by atoms with Gasteiger partial charge in [-0.05, 0) is 56.5 Å². The second kappa shape index (κ2) is 5.87. The zero-order valence-corrected chi connectivity index (χ0v) is 10.7. The summed E-state index contributed by atoms with van der Waals surface area (Å²) in [6.45, 7) is 4.56. The number of rotatable bonds is 3. The standard InChI is InChI=1S/C14H20N2O2/c1-10-4-5-12(7-13(10)17)14(18)16-9-11-3-2-6-15-8-11/h4-5,7,11,15,17H,2-3,6,8-9H2,1H3,(H,16,18). The number of phenols is 1. The summed E-state index contributed by atoms with van der Waals surface area (Å²) in [4.78, 5) is 11.9. The van der Waals surface area contributed by atoms with Crippen molar-refractivity contribution >= 4 is 5.91 Å². The number of carbonyl (C=O) groups is 1. The van der Waals surface area contributed by atoms with E-state index in [2.05, 4.69) is 10.6 Å². The van der Waals surface area contributed by atoms with E-state index in [0.29, 0.717) is 18.0 Å². The fourth-order valence-corrected chi connectivity index (χ4v) is 2.19. The van der Waals surface area contributed by atoms with E-state index in [0.717, 1.165) is 25.1 Å². The molecular formula is C14H20N2O2. The summed E-state index contributed by atoms with van der Waals surface area (Å²) >= 11 is 0. The molecule has 2 rings (SSSR count). The maximum atomic E-state index is 11.9. The average Bonchev–Trinajstić information content (AvgIpc) is 2.40. The van der Waals surface area contributed by atoms with Gasteiger partial charge in [0, 0.05) is 12.1 Å². The van der Waals surface area contributed by atoms with Crippen LogP contribution < -0.4 is 10.6 Å². The molecule has 0 aliphatic carbocycles.